The van der Waals surface area contributed by atoms with E-state index in [0.29, 0.717) is 0 Å². The Balaban J connectivity index is 2.27. The van der Waals surface area contributed by atoms with Crippen LogP contribution in [0.15, 0.2) is 53.0 Å². The van der Waals surface area contributed by atoms with Gasteiger partial charge in [-0.1, -0.05) is 40.2 Å². The standard InChI is InChI=1S/C15H17BrN2/c1-18(2)11-12-8-9-13(16)10-15(12)17-14-6-4-3-5-7-14/h3-10,17H,11H2,1-2H3. The van der Waals surface area contributed by atoms with Crippen LogP contribution in [0.5, 0.6) is 0 Å². The highest BCUT2D eigenvalue weighted by molar-refractivity contribution is 9.10. The first-order valence-corrected chi connectivity index (χ1v) is 6.69. The summed E-state index contributed by atoms with van der Waals surface area (Å²) in [7, 11) is 4.16. The molecule has 2 nitrogen and oxygen atoms in total. The number of rotatable bonds is 4. The van der Waals surface area contributed by atoms with Crippen molar-refractivity contribution in [1.29, 1.82) is 0 Å². The Morgan fingerprint density at radius 1 is 1.06 bits per heavy atom. The number of hydrogen-bond donors (Lipinski definition) is 1. The van der Waals surface area contributed by atoms with Gasteiger partial charge >= 0.3 is 0 Å². The highest BCUT2D eigenvalue weighted by atomic mass is 79.9. The van der Waals surface area contributed by atoms with Crippen molar-refractivity contribution in [3.8, 4) is 0 Å². The first kappa shape index (κ1) is 13.1. The van der Waals surface area contributed by atoms with E-state index in [1.54, 1.807) is 0 Å². The number of nitrogens with one attached hydrogen (secondary N) is 1. The van der Waals surface area contributed by atoms with Gasteiger partial charge in [-0.25, -0.2) is 0 Å². The maximum Gasteiger partial charge on any atom is 0.0441 e. The van der Waals surface area contributed by atoms with Crippen molar-refractivity contribution in [3.05, 3.63) is 58.6 Å². The Kier molecular flexibility index (Phi) is 4.39. The van der Waals surface area contributed by atoms with Crippen LogP contribution in [0.4, 0.5) is 11.4 Å². The highest BCUT2D eigenvalue weighted by Gasteiger charge is 2.05. The van der Waals surface area contributed by atoms with E-state index in [9.17, 15) is 0 Å². The van der Waals surface area contributed by atoms with E-state index in [0.717, 1.165) is 22.4 Å². The molecule has 18 heavy (non-hydrogen) atoms. The zero-order valence-electron chi connectivity index (χ0n) is 10.7. The fraction of sp³-hybridized carbons (Fsp3) is 0.200. The molecule has 0 saturated heterocycles. The van der Waals surface area contributed by atoms with Crippen LogP contribution in [0.3, 0.4) is 0 Å². The topological polar surface area (TPSA) is 15.3 Å². The number of nitrogens with zero attached hydrogens (tertiary/aromatic N) is 1. The van der Waals surface area contributed by atoms with Crippen LogP contribution in [-0.2, 0) is 6.54 Å². The van der Waals surface area contributed by atoms with Crippen LogP contribution >= 0.6 is 15.9 Å². The SMILES string of the molecule is CN(C)Cc1ccc(Br)cc1Nc1ccccc1. The van der Waals surface area contributed by atoms with Crippen LogP contribution in [0.25, 0.3) is 0 Å². The fourth-order valence-electron chi connectivity index (χ4n) is 1.82. The molecule has 0 saturated carbocycles. The molecule has 0 atom stereocenters. The summed E-state index contributed by atoms with van der Waals surface area (Å²) >= 11 is 3.52. The van der Waals surface area contributed by atoms with Gasteiger partial charge < -0.3 is 10.2 Å². The van der Waals surface area contributed by atoms with Gasteiger partial charge in [-0.3, -0.25) is 0 Å². The lowest BCUT2D eigenvalue weighted by molar-refractivity contribution is 0.403. The van der Waals surface area contributed by atoms with Crippen LogP contribution in [-0.4, -0.2) is 19.0 Å². The summed E-state index contributed by atoms with van der Waals surface area (Å²) in [5, 5.41) is 3.46. The Morgan fingerprint density at radius 3 is 2.44 bits per heavy atom. The summed E-state index contributed by atoms with van der Waals surface area (Å²) in [6.45, 7) is 0.919. The zero-order chi connectivity index (χ0) is 13.0. The third-order valence-electron chi connectivity index (χ3n) is 2.61. The first-order valence-electron chi connectivity index (χ1n) is 5.90. The summed E-state index contributed by atoms with van der Waals surface area (Å²) in [5.74, 6) is 0. The largest absolute Gasteiger partial charge is 0.355 e. The van der Waals surface area contributed by atoms with Crippen LogP contribution < -0.4 is 5.32 Å². The van der Waals surface area contributed by atoms with Gasteiger partial charge in [0.15, 0.2) is 0 Å². The third kappa shape index (κ3) is 3.59. The second kappa shape index (κ2) is 6.03. The lowest BCUT2D eigenvalue weighted by Crippen LogP contribution is -2.12. The minimum Gasteiger partial charge on any atom is -0.355 e. The van der Waals surface area contributed by atoms with Crippen molar-refractivity contribution in [2.24, 2.45) is 0 Å². The first-order chi connectivity index (χ1) is 8.65. The monoisotopic (exact) mass is 304 g/mol. The maximum atomic E-state index is 3.52. The summed E-state index contributed by atoms with van der Waals surface area (Å²) in [5.41, 5.74) is 3.53. The van der Waals surface area contributed by atoms with Gasteiger partial charge in [-0.15, -0.1) is 0 Å². The fourth-order valence-corrected chi connectivity index (χ4v) is 2.18. The molecule has 2 aromatic rings. The maximum absolute atomic E-state index is 3.52. The lowest BCUT2D eigenvalue weighted by Gasteiger charge is -2.16. The van der Waals surface area contributed by atoms with Crippen LogP contribution in [0.1, 0.15) is 5.56 Å². The second-order valence-electron chi connectivity index (χ2n) is 4.53. The van der Waals surface area contributed by atoms with Crippen molar-refractivity contribution in [1.82, 2.24) is 4.90 Å². The summed E-state index contributed by atoms with van der Waals surface area (Å²) in [4.78, 5) is 2.17. The molecule has 1 N–H and O–H groups in total. The van der Waals surface area contributed by atoms with Gasteiger partial charge in [-0.05, 0) is 43.9 Å². The Morgan fingerprint density at radius 2 is 1.78 bits per heavy atom. The minimum atomic E-state index is 0.919. The molecule has 0 aliphatic rings. The summed E-state index contributed by atoms with van der Waals surface area (Å²) in [6.07, 6.45) is 0. The van der Waals surface area contributed by atoms with Crippen molar-refractivity contribution in [3.63, 3.8) is 0 Å². The molecule has 2 aromatic carbocycles. The molecule has 0 heterocycles. The Hall–Kier alpha value is -1.32. The number of hydrogen-bond acceptors (Lipinski definition) is 2. The molecule has 0 aliphatic heterocycles. The molecule has 0 aliphatic carbocycles. The molecular weight excluding hydrogens is 288 g/mol. The van der Waals surface area contributed by atoms with Crippen molar-refractivity contribution in [2.45, 2.75) is 6.54 Å². The summed E-state index contributed by atoms with van der Waals surface area (Å²) < 4.78 is 1.09. The Bertz CT molecular complexity index is 509. The lowest BCUT2D eigenvalue weighted by atomic mass is 10.1. The van der Waals surface area contributed by atoms with E-state index in [4.69, 9.17) is 0 Å². The van der Waals surface area contributed by atoms with Gasteiger partial charge in [0, 0.05) is 22.4 Å². The molecule has 0 spiro atoms. The molecular formula is C15H17BrN2. The molecule has 0 radical (unpaired) electrons. The summed E-state index contributed by atoms with van der Waals surface area (Å²) in [6, 6.07) is 16.6. The zero-order valence-corrected chi connectivity index (χ0v) is 12.2. The molecule has 3 heteroatoms. The molecule has 0 bridgehead atoms. The molecule has 0 unspecified atom stereocenters. The number of para-hydroxylation sites is 1. The number of halogens is 1. The molecule has 2 rings (SSSR count). The van der Waals surface area contributed by atoms with Gasteiger partial charge in [0.05, 0.1) is 0 Å². The number of benzene rings is 2. The smallest absolute Gasteiger partial charge is 0.0441 e. The molecule has 0 amide bonds. The van der Waals surface area contributed by atoms with E-state index in [1.165, 1.54) is 5.56 Å². The molecule has 0 fully saturated rings. The van der Waals surface area contributed by atoms with Crippen molar-refractivity contribution >= 4 is 27.3 Å². The van der Waals surface area contributed by atoms with Gasteiger partial charge in [0.1, 0.15) is 0 Å². The average molecular weight is 305 g/mol. The van der Waals surface area contributed by atoms with E-state index >= 15 is 0 Å². The van der Waals surface area contributed by atoms with E-state index < -0.39 is 0 Å². The molecule has 94 valence electrons. The van der Waals surface area contributed by atoms with E-state index in [1.807, 2.05) is 18.2 Å². The van der Waals surface area contributed by atoms with Crippen molar-refractivity contribution in [2.75, 3.05) is 19.4 Å². The second-order valence-corrected chi connectivity index (χ2v) is 5.45. The third-order valence-corrected chi connectivity index (χ3v) is 3.10. The Labute approximate surface area is 117 Å². The van der Waals surface area contributed by atoms with Crippen molar-refractivity contribution < 1.29 is 0 Å². The van der Waals surface area contributed by atoms with Gasteiger partial charge in [0.2, 0.25) is 0 Å². The predicted molar refractivity (Wildman–Crippen MR) is 81.3 cm³/mol. The predicted octanol–water partition coefficient (Wildman–Crippen LogP) is 4.25. The highest BCUT2D eigenvalue weighted by Crippen LogP contribution is 2.25. The quantitative estimate of drug-likeness (QED) is 0.908. The van der Waals surface area contributed by atoms with Crippen LogP contribution in [0, 0.1) is 0 Å². The minimum absolute atomic E-state index is 0.919. The normalized spacial score (nSPS) is 10.7. The number of anilines is 2. The van der Waals surface area contributed by atoms with Crippen LogP contribution in [0.2, 0.25) is 0 Å². The van der Waals surface area contributed by atoms with E-state index in [-0.39, 0.29) is 0 Å². The molecule has 0 aromatic heterocycles. The van der Waals surface area contributed by atoms with Gasteiger partial charge in [0.25, 0.3) is 0 Å². The van der Waals surface area contributed by atoms with Gasteiger partial charge in [-0.2, -0.15) is 0 Å². The average Bonchev–Trinajstić information content (AvgIpc) is 2.33. The van der Waals surface area contributed by atoms with E-state index in [2.05, 4.69) is 70.6 Å².